The van der Waals surface area contributed by atoms with Crippen molar-refractivity contribution in [2.75, 3.05) is 4.90 Å². The number of Topliss-reactive ketones (excluding diaryl/α,β-unsaturated/α-hetero) is 1. The van der Waals surface area contributed by atoms with E-state index in [9.17, 15) is 19.1 Å². The second kappa shape index (κ2) is 7.29. The molecule has 1 aliphatic rings. The molecular formula is C23H18FNO3S. The van der Waals surface area contributed by atoms with Crippen molar-refractivity contribution < 1.29 is 19.1 Å². The molecule has 2 aromatic carbocycles. The van der Waals surface area contributed by atoms with Gasteiger partial charge in [-0.05, 0) is 66.8 Å². The van der Waals surface area contributed by atoms with Crippen molar-refractivity contribution >= 4 is 34.5 Å². The van der Waals surface area contributed by atoms with Crippen LogP contribution in [0.4, 0.5) is 10.1 Å². The maximum atomic E-state index is 13.3. The maximum absolute atomic E-state index is 13.3. The van der Waals surface area contributed by atoms with E-state index >= 15 is 0 Å². The Morgan fingerprint density at radius 1 is 1.00 bits per heavy atom. The highest BCUT2D eigenvalue weighted by atomic mass is 32.1. The van der Waals surface area contributed by atoms with Gasteiger partial charge in [0.05, 0.1) is 5.57 Å². The zero-order valence-corrected chi connectivity index (χ0v) is 16.7. The van der Waals surface area contributed by atoms with Crippen molar-refractivity contribution in [2.24, 2.45) is 0 Å². The standard InChI is InChI=1S/C23H18FNO3S/c1-13-5-3-4-6-17(13)25-19(22-14(2)11-12-29-22)18(21(27)23(25)28)20(26)15-7-9-16(24)10-8-15/h3-12,19,26H,1-2H3/b20-18-. The van der Waals surface area contributed by atoms with Crippen LogP contribution in [0.1, 0.15) is 27.6 Å². The molecule has 0 spiro atoms. The number of hydrogen-bond acceptors (Lipinski definition) is 4. The lowest BCUT2D eigenvalue weighted by Gasteiger charge is -2.26. The second-order valence-electron chi connectivity index (χ2n) is 6.93. The van der Waals surface area contributed by atoms with E-state index in [2.05, 4.69) is 0 Å². The van der Waals surface area contributed by atoms with Crippen LogP contribution in [0.2, 0.25) is 0 Å². The maximum Gasteiger partial charge on any atom is 0.300 e. The summed E-state index contributed by atoms with van der Waals surface area (Å²) < 4.78 is 13.3. The van der Waals surface area contributed by atoms with Gasteiger partial charge in [0.2, 0.25) is 0 Å². The van der Waals surface area contributed by atoms with E-state index in [1.807, 2.05) is 37.4 Å². The number of thiophene rings is 1. The van der Waals surface area contributed by atoms with Gasteiger partial charge in [-0.1, -0.05) is 18.2 Å². The Morgan fingerprint density at radius 3 is 2.31 bits per heavy atom. The van der Waals surface area contributed by atoms with Gasteiger partial charge in [0.15, 0.2) is 0 Å². The van der Waals surface area contributed by atoms with Gasteiger partial charge in [0.1, 0.15) is 17.6 Å². The normalized spacial score (nSPS) is 18.4. The topological polar surface area (TPSA) is 57.6 Å². The average Bonchev–Trinajstić information content (AvgIpc) is 3.23. The number of anilines is 1. The van der Waals surface area contributed by atoms with E-state index in [4.69, 9.17) is 0 Å². The number of benzene rings is 2. The number of ketones is 1. The predicted molar refractivity (Wildman–Crippen MR) is 111 cm³/mol. The zero-order chi connectivity index (χ0) is 20.7. The lowest BCUT2D eigenvalue weighted by atomic mass is 9.98. The summed E-state index contributed by atoms with van der Waals surface area (Å²) in [6.07, 6.45) is 0. The van der Waals surface area contributed by atoms with Gasteiger partial charge in [-0.15, -0.1) is 11.3 Å². The Morgan fingerprint density at radius 2 is 1.69 bits per heavy atom. The van der Waals surface area contributed by atoms with Crippen LogP contribution in [0.15, 0.2) is 65.6 Å². The van der Waals surface area contributed by atoms with Crippen molar-refractivity contribution in [3.8, 4) is 0 Å². The summed E-state index contributed by atoms with van der Waals surface area (Å²) in [4.78, 5) is 28.3. The fourth-order valence-corrected chi connectivity index (χ4v) is 4.62. The molecule has 1 atom stereocenters. The fraction of sp³-hybridized carbons (Fsp3) is 0.130. The molecule has 1 aliphatic heterocycles. The fourth-order valence-electron chi connectivity index (χ4n) is 3.59. The Hall–Kier alpha value is -3.25. The Bertz CT molecular complexity index is 1150. The molecule has 146 valence electrons. The minimum Gasteiger partial charge on any atom is -0.507 e. The van der Waals surface area contributed by atoms with Crippen LogP contribution in [-0.2, 0) is 9.59 Å². The monoisotopic (exact) mass is 407 g/mol. The molecule has 1 unspecified atom stereocenters. The first-order valence-electron chi connectivity index (χ1n) is 9.06. The summed E-state index contributed by atoms with van der Waals surface area (Å²) in [5.41, 5.74) is 2.68. The number of aliphatic hydroxyl groups excluding tert-OH is 1. The molecule has 4 nitrogen and oxygen atoms in total. The molecular weight excluding hydrogens is 389 g/mol. The third-order valence-electron chi connectivity index (χ3n) is 5.09. The smallest absolute Gasteiger partial charge is 0.300 e. The minimum absolute atomic E-state index is 0.00964. The van der Waals surface area contributed by atoms with Crippen molar-refractivity contribution in [3.63, 3.8) is 0 Å². The van der Waals surface area contributed by atoms with Crippen LogP contribution in [0.3, 0.4) is 0 Å². The van der Waals surface area contributed by atoms with E-state index in [0.717, 1.165) is 16.0 Å². The van der Waals surface area contributed by atoms with Gasteiger partial charge in [-0.25, -0.2) is 4.39 Å². The van der Waals surface area contributed by atoms with Gasteiger partial charge in [-0.2, -0.15) is 0 Å². The van der Waals surface area contributed by atoms with Gasteiger partial charge >= 0.3 is 0 Å². The number of amides is 1. The average molecular weight is 407 g/mol. The van der Waals surface area contributed by atoms with Crippen LogP contribution >= 0.6 is 11.3 Å². The van der Waals surface area contributed by atoms with Gasteiger partial charge in [0, 0.05) is 16.1 Å². The molecule has 4 rings (SSSR count). The molecule has 0 aliphatic carbocycles. The molecule has 0 radical (unpaired) electrons. The summed E-state index contributed by atoms with van der Waals surface area (Å²) in [5.74, 6) is -2.21. The lowest BCUT2D eigenvalue weighted by Crippen LogP contribution is -2.30. The van der Waals surface area contributed by atoms with Crippen LogP contribution in [0.25, 0.3) is 5.76 Å². The molecule has 1 amide bonds. The zero-order valence-electron chi connectivity index (χ0n) is 15.8. The SMILES string of the molecule is Cc1ccccc1N1C(=O)C(=O)/C(=C(\O)c2ccc(F)cc2)C1c1sccc1C. The van der Waals surface area contributed by atoms with Gasteiger partial charge in [-0.3, -0.25) is 14.5 Å². The number of rotatable bonds is 3. The summed E-state index contributed by atoms with van der Waals surface area (Å²) >= 11 is 1.42. The molecule has 0 bridgehead atoms. The number of nitrogens with zero attached hydrogens (tertiary/aromatic N) is 1. The van der Waals surface area contributed by atoms with Crippen molar-refractivity contribution in [1.82, 2.24) is 0 Å². The minimum atomic E-state index is -0.757. The molecule has 1 fully saturated rings. The summed E-state index contributed by atoms with van der Waals surface area (Å²) in [6, 6.07) is 13.7. The van der Waals surface area contributed by atoms with Crippen molar-refractivity contribution in [3.05, 3.63) is 92.9 Å². The van der Waals surface area contributed by atoms with Crippen LogP contribution in [0, 0.1) is 19.7 Å². The van der Waals surface area contributed by atoms with Crippen LogP contribution in [-0.4, -0.2) is 16.8 Å². The molecule has 6 heteroatoms. The number of hydrogen-bond donors (Lipinski definition) is 1. The van der Waals surface area contributed by atoms with Gasteiger partial charge in [0.25, 0.3) is 11.7 Å². The third kappa shape index (κ3) is 3.15. The third-order valence-corrected chi connectivity index (χ3v) is 6.16. The van der Waals surface area contributed by atoms with E-state index in [1.165, 1.54) is 40.5 Å². The van der Waals surface area contributed by atoms with Crippen molar-refractivity contribution in [2.45, 2.75) is 19.9 Å². The molecule has 0 saturated carbocycles. The summed E-state index contributed by atoms with van der Waals surface area (Å²) in [6.45, 7) is 3.77. The van der Waals surface area contributed by atoms with E-state index in [-0.39, 0.29) is 16.9 Å². The number of aliphatic hydroxyl groups is 1. The molecule has 29 heavy (non-hydrogen) atoms. The number of para-hydroxylation sites is 1. The number of aryl methyl sites for hydroxylation is 2. The highest BCUT2D eigenvalue weighted by Crippen LogP contribution is 2.45. The van der Waals surface area contributed by atoms with E-state index < -0.39 is 23.5 Å². The second-order valence-corrected chi connectivity index (χ2v) is 7.88. The Labute approximate surface area is 171 Å². The summed E-state index contributed by atoms with van der Waals surface area (Å²) in [5, 5.41) is 12.8. The van der Waals surface area contributed by atoms with E-state index in [1.54, 1.807) is 12.1 Å². The van der Waals surface area contributed by atoms with Crippen molar-refractivity contribution in [1.29, 1.82) is 0 Å². The lowest BCUT2D eigenvalue weighted by molar-refractivity contribution is -0.132. The van der Waals surface area contributed by atoms with E-state index in [0.29, 0.717) is 5.69 Å². The highest BCUT2D eigenvalue weighted by Gasteiger charge is 2.48. The molecule has 1 aromatic heterocycles. The first kappa shape index (κ1) is 19.1. The molecule has 2 heterocycles. The number of carbonyl (C=O) groups excluding carboxylic acids is 2. The quantitative estimate of drug-likeness (QED) is 0.372. The predicted octanol–water partition coefficient (Wildman–Crippen LogP) is 5.13. The Kier molecular flexibility index (Phi) is 4.80. The summed E-state index contributed by atoms with van der Waals surface area (Å²) in [7, 11) is 0. The largest absolute Gasteiger partial charge is 0.507 e. The number of carbonyl (C=O) groups is 2. The first-order valence-corrected chi connectivity index (χ1v) is 9.94. The molecule has 3 aromatic rings. The van der Waals surface area contributed by atoms with Gasteiger partial charge < -0.3 is 5.11 Å². The number of halogens is 1. The van der Waals surface area contributed by atoms with Crippen LogP contribution in [0.5, 0.6) is 0 Å². The Balaban J connectivity index is 1.97. The molecule has 1 saturated heterocycles. The van der Waals surface area contributed by atoms with Crippen LogP contribution < -0.4 is 4.90 Å². The highest BCUT2D eigenvalue weighted by molar-refractivity contribution is 7.10. The first-order chi connectivity index (χ1) is 13.9. The molecule has 1 N–H and O–H groups in total.